The Kier molecular flexibility index (Phi) is 5.19. The minimum atomic E-state index is -3.49. The number of carbonyl (C=O) groups is 1. The smallest absolute Gasteiger partial charge is 0.291 e. The van der Waals surface area contributed by atoms with Crippen molar-refractivity contribution in [1.82, 2.24) is 4.31 Å². The SMILES string of the molecule is Cc1ccc2c(C)c(C(=O)Nc3ccc(S(=O)(=O)N4CCCCC4)cc3)oc2c1. The third-order valence-corrected chi connectivity index (χ3v) is 7.28. The molecule has 1 fully saturated rings. The Morgan fingerprint density at radius 1 is 1.00 bits per heavy atom. The van der Waals surface area contributed by atoms with Crippen LogP contribution < -0.4 is 5.32 Å². The van der Waals surface area contributed by atoms with E-state index < -0.39 is 10.0 Å². The Balaban J connectivity index is 1.53. The summed E-state index contributed by atoms with van der Waals surface area (Å²) >= 11 is 0. The molecule has 1 saturated heterocycles. The minimum absolute atomic E-state index is 0.243. The molecule has 3 aromatic rings. The van der Waals surface area contributed by atoms with E-state index in [2.05, 4.69) is 5.32 Å². The zero-order chi connectivity index (χ0) is 20.6. The lowest BCUT2D eigenvalue weighted by molar-refractivity contribution is 0.0998. The summed E-state index contributed by atoms with van der Waals surface area (Å²) in [7, 11) is -3.49. The summed E-state index contributed by atoms with van der Waals surface area (Å²) in [4.78, 5) is 12.9. The van der Waals surface area contributed by atoms with Gasteiger partial charge in [0.15, 0.2) is 5.76 Å². The highest BCUT2D eigenvalue weighted by Crippen LogP contribution is 2.27. The summed E-state index contributed by atoms with van der Waals surface area (Å²) in [6, 6.07) is 12.1. The zero-order valence-corrected chi connectivity index (χ0v) is 17.4. The lowest BCUT2D eigenvalue weighted by Gasteiger charge is -2.25. The Bertz CT molecular complexity index is 1160. The standard InChI is InChI=1S/C22H24N2O4S/c1-15-6-11-19-16(2)21(28-20(19)14-15)22(25)23-17-7-9-18(10-8-17)29(26,27)24-12-4-3-5-13-24/h6-11,14H,3-5,12-13H2,1-2H3,(H,23,25). The monoisotopic (exact) mass is 412 g/mol. The van der Waals surface area contributed by atoms with Gasteiger partial charge in [0, 0.05) is 29.7 Å². The van der Waals surface area contributed by atoms with Crippen molar-refractivity contribution in [1.29, 1.82) is 0 Å². The summed E-state index contributed by atoms with van der Waals surface area (Å²) in [5.41, 5.74) is 3.03. The number of hydrogen-bond acceptors (Lipinski definition) is 4. The molecule has 1 aliphatic rings. The zero-order valence-electron chi connectivity index (χ0n) is 16.6. The number of carbonyl (C=O) groups excluding carboxylic acids is 1. The molecule has 1 N–H and O–H groups in total. The summed E-state index contributed by atoms with van der Waals surface area (Å²) in [5.74, 6) is -0.0985. The Morgan fingerprint density at radius 2 is 1.69 bits per heavy atom. The van der Waals surface area contributed by atoms with Crippen molar-refractivity contribution in [2.24, 2.45) is 0 Å². The molecule has 6 nitrogen and oxygen atoms in total. The van der Waals surface area contributed by atoms with Crippen LogP contribution in [0.4, 0.5) is 5.69 Å². The van der Waals surface area contributed by atoms with E-state index in [4.69, 9.17) is 4.42 Å². The van der Waals surface area contributed by atoms with Crippen LogP contribution in [-0.4, -0.2) is 31.7 Å². The van der Waals surface area contributed by atoms with E-state index in [1.165, 1.54) is 16.4 Å². The number of nitrogens with zero attached hydrogens (tertiary/aromatic N) is 1. The Morgan fingerprint density at radius 3 is 2.38 bits per heavy atom. The predicted octanol–water partition coefficient (Wildman–Crippen LogP) is 4.48. The minimum Gasteiger partial charge on any atom is -0.451 e. The van der Waals surface area contributed by atoms with Gasteiger partial charge in [-0.05, 0) is 62.6 Å². The molecule has 0 atom stereocenters. The van der Waals surface area contributed by atoms with E-state index in [-0.39, 0.29) is 16.6 Å². The fourth-order valence-corrected chi connectivity index (χ4v) is 5.22. The number of piperidine rings is 1. The first-order valence-corrected chi connectivity index (χ1v) is 11.2. The number of aryl methyl sites for hydroxylation is 2. The van der Waals surface area contributed by atoms with E-state index >= 15 is 0 Å². The van der Waals surface area contributed by atoms with Crippen LogP contribution in [0, 0.1) is 13.8 Å². The maximum Gasteiger partial charge on any atom is 0.291 e. The number of rotatable bonds is 4. The highest BCUT2D eigenvalue weighted by atomic mass is 32.2. The molecule has 1 aromatic heterocycles. The molecular formula is C22H24N2O4S. The number of benzene rings is 2. The normalized spacial score (nSPS) is 15.5. The van der Waals surface area contributed by atoms with Gasteiger partial charge in [-0.2, -0.15) is 4.31 Å². The highest BCUT2D eigenvalue weighted by molar-refractivity contribution is 7.89. The van der Waals surface area contributed by atoms with Gasteiger partial charge in [-0.15, -0.1) is 0 Å². The van der Waals surface area contributed by atoms with Crippen LogP contribution >= 0.6 is 0 Å². The van der Waals surface area contributed by atoms with Crippen LogP contribution in [0.2, 0.25) is 0 Å². The maximum atomic E-state index is 12.7. The lowest BCUT2D eigenvalue weighted by Crippen LogP contribution is -2.35. The summed E-state index contributed by atoms with van der Waals surface area (Å²) < 4.78 is 32.8. The van der Waals surface area contributed by atoms with Gasteiger partial charge in [0.2, 0.25) is 10.0 Å². The molecule has 4 rings (SSSR count). The first-order valence-electron chi connectivity index (χ1n) is 9.77. The quantitative estimate of drug-likeness (QED) is 0.685. The van der Waals surface area contributed by atoms with Gasteiger partial charge in [-0.25, -0.2) is 8.42 Å². The average molecular weight is 413 g/mol. The molecule has 2 aromatic carbocycles. The van der Waals surface area contributed by atoms with Crippen LogP contribution in [-0.2, 0) is 10.0 Å². The first kappa shape index (κ1) is 19.7. The molecule has 1 amide bonds. The van der Waals surface area contributed by atoms with E-state index in [1.54, 1.807) is 12.1 Å². The molecule has 0 radical (unpaired) electrons. The second-order valence-electron chi connectivity index (χ2n) is 7.50. The summed E-state index contributed by atoms with van der Waals surface area (Å²) in [6.45, 7) is 4.94. The van der Waals surface area contributed by atoms with Gasteiger partial charge in [0.1, 0.15) is 5.58 Å². The summed E-state index contributed by atoms with van der Waals surface area (Å²) in [6.07, 6.45) is 2.85. The molecule has 0 bridgehead atoms. The van der Waals surface area contributed by atoms with E-state index in [0.29, 0.717) is 24.4 Å². The van der Waals surface area contributed by atoms with Crippen LogP contribution in [0.15, 0.2) is 51.8 Å². The van der Waals surface area contributed by atoms with Crippen molar-refractivity contribution in [2.75, 3.05) is 18.4 Å². The number of hydrogen-bond donors (Lipinski definition) is 1. The van der Waals surface area contributed by atoms with Crippen molar-refractivity contribution >= 4 is 32.6 Å². The molecular weight excluding hydrogens is 388 g/mol. The van der Waals surface area contributed by atoms with Crippen LogP contribution in [0.1, 0.15) is 40.9 Å². The highest BCUT2D eigenvalue weighted by Gasteiger charge is 2.26. The molecule has 29 heavy (non-hydrogen) atoms. The topological polar surface area (TPSA) is 79.6 Å². The van der Waals surface area contributed by atoms with Crippen LogP contribution in [0.3, 0.4) is 0 Å². The van der Waals surface area contributed by atoms with Gasteiger partial charge in [0.05, 0.1) is 4.90 Å². The van der Waals surface area contributed by atoms with Gasteiger partial charge in [-0.1, -0.05) is 18.6 Å². The number of anilines is 1. The second kappa shape index (κ2) is 7.65. The Hall–Kier alpha value is -2.64. The van der Waals surface area contributed by atoms with Crippen LogP contribution in [0.5, 0.6) is 0 Å². The molecule has 0 saturated carbocycles. The van der Waals surface area contributed by atoms with Gasteiger partial charge < -0.3 is 9.73 Å². The molecule has 2 heterocycles. The van der Waals surface area contributed by atoms with Gasteiger partial charge in [0.25, 0.3) is 5.91 Å². The third-order valence-electron chi connectivity index (χ3n) is 5.36. The van der Waals surface area contributed by atoms with Crippen molar-refractivity contribution < 1.29 is 17.6 Å². The number of nitrogens with one attached hydrogen (secondary N) is 1. The maximum absolute atomic E-state index is 12.7. The van der Waals surface area contributed by atoms with E-state index in [0.717, 1.165) is 35.8 Å². The number of sulfonamides is 1. The van der Waals surface area contributed by atoms with E-state index in [1.807, 2.05) is 32.0 Å². The fourth-order valence-electron chi connectivity index (χ4n) is 3.70. The molecule has 1 aliphatic heterocycles. The lowest BCUT2D eigenvalue weighted by atomic mass is 10.1. The number of amides is 1. The molecule has 0 unspecified atom stereocenters. The van der Waals surface area contributed by atoms with Crippen molar-refractivity contribution in [3.05, 3.63) is 59.4 Å². The third kappa shape index (κ3) is 3.80. The molecule has 0 aliphatic carbocycles. The molecule has 0 spiro atoms. The van der Waals surface area contributed by atoms with Crippen molar-refractivity contribution in [2.45, 2.75) is 38.0 Å². The average Bonchev–Trinajstić information content (AvgIpc) is 3.05. The van der Waals surface area contributed by atoms with Gasteiger partial charge in [-0.3, -0.25) is 4.79 Å². The Labute approximate surface area is 170 Å². The van der Waals surface area contributed by atoms with Gasteiger partial charge >= 0.3 is 0 Å². The number of fused-ring (bicyclic) bond motifs is 1. The second-order valence-corrected chi connectivity index (χ2v) is 9.44. The van der Waals surface area contributed by atoms with Crippen LogP contribution in [0.25, 0.3) is 11.0 Å². The number of furan rings is 1. The van der Waals surface area contributed by atoms with Crippen molar-refractivity contribution in [3.63, 3.8) is 0 Å². The summed E-state index contributed by atoms with van der Waals surface area (Å²) in [5, 5.41) is 3.70. The van der Waals surface area contributed by atoms with E-state index in [9.17, 15) is 13.2 Å². The predicted molar refractivity (Wildman–Crippen MR) is 113 cm³/mol. The molecule has 152 valence electrons. The first-order chi connectivity index (χ1) is 13.9. The fraction of sp³-hybridized carbons (Fsp3) is 0.318. The largest absolute Gasteiger partial charge is 0.451 e. The van der Waals surface area contributed by atoms with Crippen molar-refractivity contribution in [3.8, 4) is 0 Å². The molecule has 7 heteroatoms.